The highest BCUT2D eigenvalue weighted by Gasteiger charge is 2.32. The molecule has 1 heterocycles. The molecule has 0 unspecified atom stereocenters. The highest BCUT2D eigenvalue weighted by Crippen LogP contribution is 2.20. The number of nitrogens with zero attached hydrogens (tertiary/aromatic N) is 3. The Morgan fingerprint density at radius 2 is 2.11 bits per heavy atom. The molecule has 0 saturated heterocycles. The van der Waals surface area contributed by atoms with Gasteiger partial charge in [-0.15, -0.1) is 0 Å². The lowest BCUT2D eigenvalue weighted by Gasteiger charge is -2.27. The van der Waals surface area contributed by atoms with Gasteiger partial charge >= 0.3 is 12.1 Å². The molecule has 0 fully saturated rings. The second-order valence-electron chi connectivity index (χ2n) is 4.30. The summed E-state index contributed by atoms with van der Waals surface area (Å²) < 4.78 is 37.3. The second-order valence-corrected chi connectivity index (χ2v) is 4.30. The van der Waals surface area contributed by atoms with Gasteiger partial charge in [-0.1, -0.05) is 0 Å². The maximum Gasteiger partial charge on any atom is 0.401 e. The Morgan fingerprint density at radius 3 is 2.58 bits per heavy atom. The number of hydrogen-bond acceptors (Lipinski definition) is 4. The van der Waals surface area contributed by atoms with Gasteiger partial charge in [0.2, 0.25) is 0 Å². The summed E-state index contributed by atoms with van der Waals surface area (Å²) in [6, 6.07) is -0.391. The number of rotatable bonds is 5. The molecule has 0 aliphatic rings. The van der Waals surface area contributed by atoms with Crippen LogP contribution < -0.4 is 0 Å². The minimum Gasteiger partial charge on any atom is -0.478 e. The summed E-state index contributed by atoms with van der Waals surface area (Å²) in [5.74, 6) is -1.26. The van der Waals surface area contributed by atoms with Crippen molar-refractivity contribution in [2.75, 3.05) is 6.54 Å². The third-order valence-electron chi connectivity index (χ3n) is 2.49. The molecule has 8 heteroatoms. The molecule has 1 aromatic rings. The van der Waals surface area contributed by atoms with Gasteiger partial charge in [-0.05, 0) is 13.8 Å². The van der Waals surface area contributed by atoms with E-state index in [0.29, 0.717) is 0 Å². The molecule has 0 spiro atoms. The quantitative estimate of drug-likeness (QED) is 0.891. The van der Waals surface area contributed by atoms with Gasteiger partial charge in [-0.25, -0.2) is 14.8 Å². The van der Waals surface area contributed by atoms with Crippen molar-refractivity contribution in [2.24, 2.45) is 0 Å². The number of aromatic nitrogens is 2. The monoisotopic (exact) mass is 277 g/mol. The number of halogens is 3. The Kier molecular flexibility index (Phi) is 4.82. The number of alkyl halides is 3. The van der Waals surface area contributed by atoms with Crippen LogP contribution in [0.3, 0.4) is 0 Å². The number of carboxylic acid groups (broad SMARTS) is 1. The lowest BCUT2D eigenvalue weighted by molar-refractivity contribution is -0.151. The van der Waals surface area contributed by atoms with Gasteiger partial charge in [0, 0.05) is 18.8 Å². The Bertz CT molecular complexity index is 449. The molecular formula is C11H14F3N3O2. The highest BCUT2D eigenvalue weighted by molar-refractivity contribution is 5.88. The van der Waals surface area contributed by atoms with Gasteiger partial charge < -0.3 is 5.11 Å². The Hall–Kier alpha value is -1.70. The number of carboxylic acids is 1. The summed E-state index contributed by atoms with van der Waals surface area (Å²) in [5, 5.41) is 8.93. The van der Waals surface area contributed by atoms with Crippen molar-refractivity contribution in [2.45, 2.75) is 32.6 Å². The SMILES string of the molecule is CC(C)N(Cc1ncncc1C(=O)O)CC(F)(F)F. The van der Waals surface area contributed by atoms with Gasteiger partial charge in [0.15, 0.2) is 0 Å². The van der Waals surface area contributed by atoms with Crippen LogP contribution in [-0.4, -0.2) is 44.7 Å². The maximum absolute atomic E-state index is 12.4. The van der Waals surface area contributed by atoms with E-state index in [-0.39, 0.29) is 17.8 Å². The van der Waals surface area contributed by atoms with Crippen LogP contribution in [0.1, 0.15) is 29.9 Å². The zero-order valence-corrected chi connectivity index (χ0v) is 10.5. The molecule has 0 saturated carbocycles. The van der Waals surface area contributed by atoms with Gasteiger partial charge in [0.1, 0.15) is 11.9 Å². The lowest BCUT2D eigenvalue weighted by Crippen LogP contribution is -2.39. The molecule has 0 aliphatic carbocycles. The first-order valence-corrected chi connectivity index (χ1v) is 5.53. The topological polar surface area (TPSA) is 66.3 Å². The van der Waals surface area contributed by atoms with Crippen LogP contribution in [0, 0.1) is 0 Å². The van der Waals surface area contributed by atoms with E-state index in [2.05, 4.69) is 9.97 Å². The predicted octanol–water partition coefficient (Wildman–Crippen LogP) is 1.95. The lowest BCUT2D eigenvalue weighted by atomic mass is 10.2. The normalized spacial score (nSPS) is 12.2. The summed E-state index contributed by atoms with van der Waals surface area (Å²) in [6.07, 6.45) is -2.15. The van der Waals surface area contributed by atoms with Crippen LogP contribution in [-0.2, 0) is 6.54 Å². The third kappa shape index (κ3) is 4.82. The van der Waals surface area contributed by atoms with E-state index in [1.807, 2.05) is 0 Å². The van der Waals surface area contributed by atoms with Crippen molar-refractivity contribution in [3.05, 3.63) is 23.8 Å². The minimum atomic E-state index is -4.35. The molecule has 1 rings (SSSR count). The van der Waals surface area contributed by atoms with E-state index in [9.17, 15) is 18.0 Å². The fourth-order valence-corrected chi connectivity index (χ4v) is 1.50. The average molecular weight is 277 g/mol. The van der Waals surface area contributed by atoms with Gasteiger partial charge in [-0.2, -0.15) is 13.2 Å². The first-order valence-electron chi connectivity index (χ1n) is 5.53. The van der Waals surface area contributed by atoms with E-state index in [1.165, 1.54) is 0 Å². The fraction of sp³-hybridized carbons (Fsp3) is 0.545. The summed E-state index contributed by atoms with van der Waals surface area (Å²) in [7, 11) is 0. The van der Waals surface area contributed by atoms with Crippen LogP contribution in [0.2, 0.25) is 0 Å². The van der Waals surface area contributed by atoms with Crippen molar-refractivity contribution >= 4 is 5.97 Å². The molecule has 0 amide bonds. The number of hydrogen-bond donors (Lipinski definition) is 1. The fourth-order valence-electron chi connectivity index (χ4n) is 1.50. The Labute approximate surface area is 108 Å². The molecule has 106 valence electrons. The second kappa shape index (κ2) is 5.96. The highest BCUT2D eigenvalue weighted by atomic mass is 19.4. The molecule has 1 aromatic heterocycles. The van der Waals surface area contributed by atoms with Gasteiger partial charge in [-0.3, -0.25) is 4.90 Å². The van der Waals surface area contributed by atoms with Gasteiger partial charge in [0.05, 0.1) is 12.2 Å². The van der Waals surface area contributed by atoms with Crippen LogP contribution >= 0.6 is 0 Å². The largest absolute Gasteiger partial charge is 0.478 e. The smallest absolute Gasteiger partial charge is 0.401 e. The molecule has 0 radical (unpaired) electrons. The van der Waals surface area contributed by atoms with Crippen molar-refractivity contribution in [1.29, 1.82) is 0 Å². The van der Waals surface area contributed by atoms with Crippen molar-refractivity contribution in [3.63, 3.8) is 0 Å². The average Bonchev–Trinajstić information content (AvgIpc) is 2.26. The zero-order valence-electron chi connectivity index (χ0n) is 10.5. The first kappa shape index (κ1) is 15.4. The van der Waals surface area contributed by atoms with E-state index in [1.54, 1.807) is 13.8 Å². The minimum absolute atomic E-state index is 0.0699. The van der Waals surface area contributed by atoms with E-state index in [0.717, 1.165) is 17.4 Å². The summed E-state index contributed by atoms with van der Waals surface area (Å²) in [5.41, 5.74) is -0.115. The maximum atomic E-state index is 12.4. The predicted molar refractivity (Wildman–Crippen MR) is 60.6 cm³/mol. The standard InChI is InChI=1S/C11H14F3N3O2/c1-7(2)17(5-11(12,13)14)4-9-8(10(18)19)3-15-6-16-9/h3,6-7H,4-5H2,1-2H3,(H,18,19). The van der Waals surface area contributed by atoms with Crippen molar-refractivity contribution < 1.29 is 23.1 Å². The summed E-state index contributed by atoms with van der Waals surface area (Å²) in [6.45, 7) is 1.90. The molecule has 0 aliphatic heterocycles. The van der Waals surface area contributed by atoms with Gasteiger partial charge in [0.25, 0.3) is 0 Å². The first-order chi connectivity index (χ1) is 8.70. The third-order valence-corrected chi connectivity index (χ3v) is 2.49. The summed E-state index contributed by atoms with van der Waals surface area (Å²) >= 11 is 0. The summed E-state index contributed by atoms with van der Waals surface area (Å²) in [4.78, 5) is 19.4. The van der Waals surface area contributed by atoms with Crippen LogP contribution in [0.25, 0.3) is 0 Å². The molecule has 0 atom stereocenters. The Balaban J connectivity index is 2.94. The molecule has 0 aromatic carbocycles. The van der Waals surface area contributed by atoms with E-state index < -0.39 is 24.7 Å². The number of carbonyl (C=O) groups is 1. The molecule has 0 bridgehead atoms. The zero-order chi connectivity index (χ0) is 14.6. The van der Waals surface area contributed by atoms with Crippen LogP contribution in [0.5, 0.6) is 0 Å². The number of aromatic carboxylic acids is 1. The van der Waals surface area contributed by atoms with E-state index >= 15 is 0 Å². The van der Waals surface area contributed by atoms with Crippen LogP contribution in [0.4, 0.5) is 13.2 Å². The molecular weight excluding hydrogens is 263 g/mol. The molecule has 5 nitrogen and oxygen atoms in total. The molecule has 1 N–H and O–H groups in total. The van der Waals surface area contributed by atoms with Crippen molar-refractivity contribution in [3.8, 4) is 0 Å². The van der Waals surface area contributed by atoms with Crippen molar-refractivity contribution in [1.82, 2.24) is 14.9 Å². The Morgan fingerprint density at radius 1 is 1.47 bits per heavy atom. The van der Waals surface area contributed by atoms with E-state index in [4.69, 9.17) is 5.11 Å². The molecule has 19 heavy (non-hydrogen) atoms. The van der Waals surface area contributed by atoms with Crippen LogP contribution in [0.15, 0.2) is 12.5 Å².